The number of hydrogen-bond donors (Lipinski definition) is 0. The average molecular weight is 218 g/mol. The Balaban J connectivity index is 0.000000385. The molecule has 0 aromatic heterocycles. The predicted molar refractivity (Wildman–Crippen MR) is 63.7 cm³/mol. The van der Waals surface area contributed by atoms with Crippen molar-refractivity contribution in [2.75, 3.05) is 20.1 Å². The fraction of sp³-hybridized carbons (Fsp3) is 0.500. The molecule has 0 radical (unpaired) electrons. The van der Waals surface area contributed by atoms with Crippen LogP contribution in [0.15, 0.2) is 24.4 Å². The van der Waals surface area contributed by atoms with Gasteiger partial charge in [-0.1, -0.05) is 19.4 Å². The van der Waals surface area contributed by atoms with Crippen LogP contribution in [0, 0.1) is 22.9 Å². The molecule has 0 N–H and O–H groups in total. The Morgan fingerprint density at radius 3 is 2.38 bits per heavy atom. The van der Waals surface area contributed by atoms with Gasteiger partial charge in [0.25, 0.3) is 0 Å². The summed E-state index contributed by atoms with van der Waals surface area (Å²) in [7, 11) is 2.29. The fourth-order valence-corrected chi connectivity index (χ4v) is 1.41. The Bertz CT molecular complexity index is 307. The topological polar surface area (TPSA) is 61.7 Å². The third-order valence-electron chi connectivity index (χ3n) is 2.34. The van der Waals surface area contributed by atoms with E-state index in [4.69, 9.17) is 10.5 Å². The quantitative estimate of drug-likeness (QED) is 0.540. The molecule has 1 rings (SSSR count). The van der Waals surface area contributed by atoms with Gasteiger partial charge in [-0.15, -0.1) is 0 Å². The molecule has 1 aliphatic rings. The largest absolute Gasteiger partial charge is 0.385 e. The molecule has 0 aromatic carbocycles. The summed E-state index contributed by atoms with van der Waals surface area (Å²) >= 11 is 0. The molecule has 4 heteroatoms. The first kappa shape index (κ1) is 14.2. The maximum atomic E-state index is 7.43. The lowest BCUT2D eigenvalue weighted by Crippen LogP contribution is -2.40. The first-order chi connectivity index (χ1) is 7.68. The zero-order chi connectivity index (χ0) is 12.3. The van der Waals surface area contributed by atoms with Crippen LogP contribution in [0.3, 0.4) is 0 Å². The summed E-state index contributed by atoms with van der Waals surface area (Å²) in [6.07, 6.45) is 14.0. The summed E-state index contributed by atoms with van der Waals surface area (Å²) in [5.41, 5.74) is 0. The van der Waals surface area contributed by atoms with Gasteiger partial charge >= 0.3 is 0 Å². The fourth-order valence-electron chi connectivity index (χ4n) is 1.41. The van der Waals surface area contributed by atoms with Crippen LogP contribution in [0.25, 0.3) is 5.32 Å². The Kier molecular flexibility index (Phi) is 7.57. The SMILES string of the molecule is CCCC[N+]1(C)C=CC=CC1.N#C[N-]C#N. The second-order valence-electron chi connectivity index (χ2n) is 3.82. The van der Waals surface area contributed by atoms with Crippen molar-refractivity contribution in [1.29, 1.82) is 10.5 Å². The van der Waals surface area contributed by atoms with Gasteiger partial charge in [0.05, 0.1) is 19.8 Å². The molecule has 1 unspecified atom stereocenters. The first-order valence-electron chi connectivity index (χ1n) is 5.35. The third-order valence-corrected chi connectivity index (χ3v) is 2.34. The lowest BCUT2D eigenvalue weighted by atomic mass is 10.2. The van der Waals surface area contributed by atoms with Gasteiger partial charge in [-0.25, -0.2) is 0 Å². The molecule has 0 aliphatic carbocycles. The molecule has 0 bridgehead atoms. The van der Waals surface area contributed by atoms with Gasteiger partial charge in [-0.2, -0.15) is 0 Å². The minimum Gasteiger partial charge on any atom is -0.385 e. The van der Waals surface area contributed by atoms with E-state index in [1.54, 1.807) is 0 Å². The summed E-state index contributed by atoms with van der Waals surface area (Å²) < 4.78 is 1.09. The Morgan fingerprint density at radius 2 is 2.00 bits per heavy atom. The lowest BCUT2D eigenvalue weighted by molar-refractivity contribution is -0.854. The Labute approximate surface area is 97.7 Å². The maximum Gasteiger partial charge on any atom is 0.102 e. The van der Waals surface area contributed by atoms with Gasteiger partial charge < -0.3 is 10.5 Å². The second-order valence-corrected chi connectivity index (χ2v) is 3.82. The van der Waals surface area contributed by atoms with Crippen molar-refractivity contribution in [2.45, 2.75) is 19.8 Å². The van der Waals surface area contributed by atoms with Crippen LogP contribution in [0.5, 0.6) is 0 Å². The molecule has 16 heavy (non-hydrogen) atoms. The summed E-state index contributed by atoms with van der Waals surface area (Å²) in [5, 5.41) is 17.4. The standard InChI is InChI=1S/C10H18N.C2N3/c1-3-4-8-11(2)9-6-5-7-10-11;3-1-5-2-4/h5-7,9H,3-4,8,10H2,1-2H3;/q+1;-1. The van der Waals surface area contributed by atoms with Crippen LogP contribution in [-0.2, 0) is 0 Å². The molecule has 1 aliphatic heterocycles. The number of nitrogens with zero attached hydrogens (tertiary/aromatic N) is 4. The number of likely N-dealkylation sites (N-methyl/N-ethyl adjacent to an activating group) is 1. The number of rotatable bonds is 3. The van der Waals surface area contributed by atoms with Crippen molar-refractivity contribution < 1.29 is 4.48 Å². The van der Waals surface area contributed by atoms with Gasteiger partial charge in [-0.05, 0) is 18.6 Å². The van der Waals surface area contributed by atoms with Crippen molar-refractivity contribution in [3.63, 3.8) is 0 Å². The Morgan fingerprint density at radius 1 is 1.31 bits per heavy atom. The van der Waals surface area contributed by atoms with Gasteiger partial charge in [0.2, 0.25) is 0 Å². The van der Waals surface area contributed by atoms with E-state index in [1.165, 1.54) is 31.8 Å². The van der Waals surface area contributed by atoms with Crippen molar-refractivity contribution in [1.82, 2.24) is 0 Å². The van der Waals surface area contributed by atoms with Crippen molar-refractivity contribution >= 4 is 0 Å². The number of allylic oxidation sites excluding steroid dienone is 2. The minimum absolute atomic E-state index is 1.09. The van der Waals surface area contributed by atoms with Gasteiger partial charge in [0.1, 0.15) is 6.54 Å². The van der Waals surface area contributed by atoms with E-state index in [0.29, 0.717) is 0 Å². The zero-order valence-corrected chi connectivity index (χ0v) is 9.93. The molecule has 0 saturated carbocycles. The molecule has 86 valence electrons. The van der Waals surface area contributed by atoms with E-state index >= 15 is 0 Å². The average Bonchev–Trinajstić information content (AvgIpc) is 2.29. The summed E-state index contributed by atoms with van der Waals surface area (Å²) in [4.78, 5) is 0. The zero-order valence-electron chi connectivity index (χ0n) is 9.93. The number of hydrogen-bond acceptors (Lipinski definition) is 2. The smallest absolute Gasteiger partial charge is 0.102 e. The van der Waals surface area contributed by atoms with E-state index in [2.05, 4.69) is 43.7 Å². The third kappa shape index (κ3) is 6.64. The van der Waals surface area contributed by atoms with Gasteiger partial charge in [0.15, 0.2) is 0 Å². The highest BCUT2D eigenvalue weighted by atomic mass is 15.3. The van der Waals surface area contributed by atoms with Crippen LogP contribution in [0.2, 0.25) is 0 Å². The van der Waals surface area contributed by atoms with E-state index in [9.17, 15) is 0 Å². The molecule has 0 spiro atoms. The molecule has 0 fully saturated rings. The van der Waals surface area contributed by atoms with E-state index in [1.807, 2.05) is 0 Å². The summed E-state index contributed by atoms with van der Waals surface area (Å²) in [5.74, 6) is 0. The number of nitriles is 2. The van der Waals surface area contributed by atoms with Crippen LogP contribution >= 0.6 is 0 Å². The van der Waals surface area contributed by atoms with Crippen LogP contribution < -0.4 is 0 Å². The maximum absolute atomic E-state index is 7.43. The first-order valence-corrected chi connectivity index (χ1v) is 5.35. The van der Waals surface area contributed by atoms with E-state index < -0.39 is 0 Å². The monoisotopic (exact) mass is 218 g/mol. The van der Waals surface area contributed by atoms with Crippen LogP contribution in [-0.4, -0.2) is 24.6 Å². The number of unbranched alkanes of at least 4 members (excludes halogenated alkanes) is 1. The molecule has 1 heterocycles. The van der Waals surface area contributed by atoms with Gasteiger partial charge in [-0.3, -0.25) is 9.80 Å². The highest BCUT2D eigenvalue weighted by molar-refractivity contribution is 5.12. The summed E-state index contributed by atoms with van der Waals surface area (Å²) in [6, 6.07) is 0. The molecule has 1 atom stereocenters. The molecular formula is C12H18N4. The summed E-state index contributed by atoms with van der Waals surface area (Å²) in [6.45, 7) is 4.68. The molecule has 4 nitrogen and oxygen atoms in total. The second kappa shape index (κ2) is 8.52. The van der Waals surface area contributed by atoms with E-state index in [0.717, 1.165) is 11.0 Å². The van der Waals surface area contributed by atoms with Crippen molar-refractivity contribution in [2.24, 2.45) is 0 Å². The van der Waals surface area contributed by atoms with Crippen molar-refractivity contribution in [3.8, 4) is 12.4 Å². The lowest BCUT2D eigenvalue weighted by Gasteiger charge is -2.30. The van der Waals surface area contributed by atoms with Crippen LogP contribution in [0.4, 0.5) is 0 Å². The van der Waals surface area contributed by atoms with Crippen molar-refractivity contribution in [3.05, 3.63) is 29.7 Å². The normalized spacial score (nSPS) is 21.2. The Hall–Kier alpha value is -1.78. The number of quaternary nitrogens is 1. The van der Waals surface area contributed by atoms with E-state index in [-0.39, 0.29) is 0 Å². The van der Waals surface area contributed by atoms with Gasteiger partial charge in [0, 0.05) is 12.4 Å². The minimum atomic E-state index is 1.09. The molecule has 0 saturated heterocycles. The molecular weight excluding hydrogens is 200 g/mol. The molecule has 0 amide bonds. The predicted octanol–water partition coefficient (Wildman–Crippen LogP) is 2.64. The highest BCUT2D eigenvalue weighted by Gasteiger charge is 2.16. The highest BCUT2D eigenvalue weighted by Crippen LogP contribution is 2.10. The molecule has 0 aromatic rings. The van der Waals surface area contributed by atoms with Crippen LogP contribution in [0.1, 0.15) is 19.8 Å².